The Morgan fingerprint density at radius 1 is 1.38 bits per heavy atom. The Labute approximate surface area is 123 Å². The zero-order valence-corrected chi connectivity index (χ0v) is 12.0. The van der Waals surface area contributed by atoms with Crippen molar-refractivity contribution in [2.75, 3.05) is 6.54 Å². The van der Waals surface area contributed by atoms with E-state index in [9.17, 15) is 9.90 Å². The van der Waals surface area contributed by atoms with Crippen LogP contribution >= 0.6 is 0 Å². The lowest BCUT2D eigenvalue weighted by Gasteiger charge is -2.36. The van der Waals surface area contributed by atoms with Crippen molar-refractivity contribution in [3.8, 4) is 5.69 Å². The SMILES string of the molecule is Cc1cnn(-c2ccc(C(=O)NCC3(O)CCC3)cc2)c1. The van der Waals surface area contributed by atoms with Crippen LogP contribution in [0.15, 0.2) is 36.7 Å². The fourth-order valence-electron chi connectivity index (χ4n) is 2.43. The van der Waals surface area contributed by atoms with Gasteiger partial charge >= 0.3 is 0 Å². The third-order valence-electron chi connectivity index (χ3n) is 3.97. The van der Waals surface area contributed by atoms with Gasteiger partial charge in [0.15, 0.2) is 0 Å². The lowest BCUT2D eigenvalue weighted by atomic mass is 9.80. The van der Waals surface area contributed by atoms with Crippen LogP contribution in [0.4, 0.5) is 0 Å². The number of hydrogen-bond acceptors (Lipinski definition) is 3. The molecule has 0 aliphatic heterocycles. The molecule has 0 atom stereocenters. The van der Waals surface area contributed by atoms with Crippen LogP contribution in [0.2, 0.25) is 0 Å². The number of nitrogens with one attached hydrogen (secondary N) is 1. The number of hydrogen-bond donors (Lipinski definition) is 2. The highest BCUT2D eigenvalue weighted by molar-refractivity contribution is 5.94. The molecular formula is C16H19N3O2. The van der Waals surface area contributed by atoms with E-state index in [1.165, 1.54) is 0 Å². The number of carbonyl (C=O) groups excluding carboxylic acids is 1. The van der Waals surface area contributed by atoms with Crippen molar-refractivity contribution in [2.45, 2.75) is 31.8 Å². The van der Waals surface area contributed by atoms with Crippen LogP contribution in [0, 0.1) is 6.92 Å². The second kappa shape index (κ2) is 5.33. The van der Waals surface area contributed by atoms with Gasteiger partial charge in [0.2, 0.25) is 0 Å². The van der Waals surface area contributed by atoms with Crippen molar-refractivity contribution < 1.29 is 9.90 Å². The van der Waals surface area contributed by atoms with Crippen molar-refractivity contribution in [1.82, 2.24) is 15.1 Å². The van der Waals surface area contributed by atoms with Crippen molar-refractivity contribution in [3.05, 3.63) is 47.8 Å². The number of amides is 1. The Balaban J connectivity index is 1.64. The summed E-state index contributed by atoms with van der Waals surface area (Å²) < 4.78 is 1.77. The van der Waals surface area contributed by atoms with E-state index in [4.69, 9.17) is 0 Å². The topological polar surface area (TPSA) is 67.2 Å². The Kier molecular flexibility index (Phi) is 3.51. The molecule has 21 heavy (non-hydrogen) atoms. The summed E-state index contributed by atoms with van der Waals surface area (Å²) in [6.45, 7) is 2.31. The van der Waals surface area contributed by atoms with E-state index < -0.39 is 5.60 Å². The summed E-state index contributed by atoms with van der Waals surface area (Å²) in [7, 11) is 0. The summed E-state index contributed by atoms with van der Waals surface area (Å²) in [5, 5.41) is 17.0. The molecule has 2 aromatic rings. The Morgan fingerprint density at radius 3 is 2.62 bits per heavy atom. The van der Waals surface area contributed by atoms with Gasteiger partial charge in [0, 0.05) is 18.3 Å². The van der Waals surface area contributed by atoms with Gasteiger partial charge in [0.25, 0.3) is 5.91 Å². The predicted octanol–water partition coefficient (Wildman–Crippen LogP) is 1.83. The van der Waals surface area contributed by atoms with Gasteiger partial charge in [-0.2, -0.15) is 5.10 Å². The zero-order chi connectivity index (χ0) is 14.9. The van der Waals surface area contributed by atoms with Gasteiger partial charge in [-0.1, -0.05) is 0 Å². The van der Waals surface area contributed by atoms with E-state index in [2.05, 4.69) is 10.4 Å². The molecule has 1 aromatic heterocycles. The average Bonchev–Trinajstić information content (AvgIpc) is 2.89. The van der Waals surface area contributed by atoms with Crippen molar-refractivity contribution >= 4 is 5.91 Å². The molecule has 0 saturated heterocycles. The molecule has 2 N–H and O–H groups in total. The smallest absolute Gasteiger partial charge is 0.251 e. The van der Waals surface area contributed by atoms with Crippen LogP contribution in [0.1, 0.15) is 35.2 Å². The first-order valence-electron chi connectivity index (χ1n) is 7.18. The highest BCUT2D eigenvalue weighted by Gasteiger charge is 2.34. The summed E-state index contributed by atoms with van der Waals surface area (Å²) in [5.74, 6) is -0.154. The predicted molar refractivity (Wildman–Crippen MR) is 79.4 cm³/mol. The van der Waals surface area contributed by atoms with E-state index in [1.807, 2.05) is 25.3 Å². The zero-order valence-electron chi connectivity index (χ0n) is 12.0. The molecule has 1 aromatic carbocycles. The first-order chi connectivity index (χ1) is 10.1. The third kappa shape index (κ3) is 2.97. The summed E-state index contributed by atoms with van der Waals surface area (Å²) in [5.41, 5.74) is 1.90. The second-order valence-electron chi connectivity index (χ2n) is 5.77. The third-order valence-corrected chi connectivity index (χ3v) is 3.97. The van der Waals surface area contributed by atoms with Crippen LogP contribution < -0.4 is 5.32 Å². The number of aryl methyl sites for hydroxylation is 1. The molecule has 1 fully saturated rings. The maximum Gasteiger partial charge on any atom is 0.251 e. The lowest BCUT2D eigenvalue weighted by Crippen LogP contribution is -2.47. The number of benzene rings is 1. The number of nitrogens with zero attached hydrogens (tertiary/aromatic N) is 2. The number of aromatic nitrogens is 2. The Bertz CT molecular complexity index is 642. The highest BCUT2D eigenvalue weighted by Crippen LogP contribution is 2.30. The molecular weight excluding hydrogens is 266 g/mol. The average molecular weight is 285 g/mol. The molecule has 1 aliphatic rings. The summed E-state index contributed by atoms with van der Waals surface area (Å²) >= 11 is 0. The van der Waals surface area contributed by atoms with Gasteiger partial charge < -0.3 is 10.4 Å². The molecule has 0 radical (unpaired) electrons. The minimum absolute atomic E-state index is 0.154. The van der Waals surface area contributed by atoms with E-state index in [0.29, 0.717) is 12.1 Å². The molecule has 110 valence electrons. The lowest BCUT2D eigenvalue weighted by molar-refractivity contribution is -0.0300. The molecule has 1 aliphatic carbocycles. The van der Waals surface area contributed by atoms with Crippen LogP contribution in [-0.2, 0) is 0 Å². The maximum atomic E-state index is 12.0. The minimum atomic E-state index is -0.692. The Morgan fingerprint density at radius 2 is 2.10 bits per heavy atom. The molecule has 1 saturated carbocycles. The normalized spacial score (nSPS) is 16.3. The number of carbonyl (C=O) groups is 1. The van der Waals surface area contributed by atoms with Gasteiger partial charge in [0.1, 0.15) is 0 Å². The summed E-state index contributed by atoms with van der Waals surface area (Å²) in [6, 6.07) is 7.26. The van der Waals surface area contributed by atoms with Crippen molar-refractivity contribution in [2.24, 2.45) is 0 Å². The first kappa shape index (κ1) is 13.8. The molecule has 0 spiro atoms. The Hall–Kier alpha value is -2.14. The van der Waals surface area contributed by atoms with Crippen LogP contribution in [0.25, 0.3) is 5.69 Å². The van der Waals surface area contributed by atoms with Crippen LogP contribution in [-0.4, -0.2) is 32.9 Å². The van der Waals surface area contributed by atoms with Gasteiger partial charge in [-0.25, -0.2) is 4.68 Å². The van der Waals surface area contributed by atoms with Gasteiger partial charge in [0.05, 0.1) is 17.5 Å². The summed E-state index contributed by atoms with van der Waals surface area (Å²) in [6.07, 6.45) is 6.29. The van der Waals surface area contributed by atoms with Gasteiger partial charge in [-0.3, -0.25) is 4.79 Å². The van der Waals surface area contributed by atoms with Gasteiger partial charge in [-0.15, -0.1) is 0 Å². The standard InChI is InChI=1S/C16H19N3O2/c1-12-9-18-19(10-12)14-5-3-13(4-6-14)15(20)17-11-16(21)7-2-8-16/h3-6,9-10,21H,2,7-8,11H2,1H3,(H,17,20). The molecule has 0 unspecified atom stereocenters. The van der Waals surface area contributed by atoms with E-state index >= 15 is 0 Å². The molecule has 1 heterocycles. The molecule has 3 rings (SSSR count). The van der Waals surface area contributed by atoms with E-state index in [0.717, 1.165) is 30.5 Å². The van der Waals surface area contributed by atoms with Crippen molar-refractivity contribution in [3.63, 3.8) is 0 Å². The highest BCUT2D eigenvalue weighted by atomic mass is 16.3. The number of aliphatic hydroxyl groups is 1. The quantitative estimate of drug-likeness (QED) is 0.900. The fourth-order valence-corrected chi connectivity index (χ4v) is 2.43. The summed E-state index contributed by atoms with van der Waals surface area (Å²) in [4.78, 5) is 12.0. The van der Waals surface area contributed by atoms with E-state index in [1.54, 1.807) is 23.0 Å². The molecule has 0 bridgehead atoms. The fraction of sp³-hybridized carbons (Fsp3) is 0.375. The molecule has 1 amide bonds. The molecule has 5 heteroatoms. The molecule has 5 nitrogen and oxygen atoms in total. The van der Waals surface area contributed by atoms with E-state index in [-0.39, 0.29) is 5.91 Å². The van der Waals surface area contributed by atoms with Crippen molar-refractivity contribution in [1.29, 1.82) is 0 Å². The van der Waals surface area contributed by atoms with Crippen LogP contribution in [0.5, 0.6) is 0 Å². The maximum absolute atomic E-state index is 12.0. The largest absolute Gasteiger partial charge is 0.388 e. The van der Waals surface area contributed by atoms with Gasteiger partial charge in [-0.05, 0) is 56.0 Å². The number of rotatable bonds is 4. The van der Waals surface area contributed by atoms with Crippen LogP contribution in [0.3, 0.4) is 0 Å². The first-order valence-corrected chi connectivity index (χ1v) is 7.18. The monoisotopic (exact) mass is 285 g/mol. The second-order valence-corrected chi connectivity index (χ2v) is 5.77. The minimum Gasteiger partial charge on any atom is -0.388 e.